The number of amides is 2. The first-order valence-corrected chi connectivity index (χ1v) is 12.6. The highest BCUT2D eigenvalue weighted by atomic mass is 16.5. The van der Waals surface area contributed by atoms with E-state index in [2.05, 4.69) is 10.3 Å². The van der Waals surface area contributed by atoms with Gasteiger partial charge in [0.2, 0.25) is 0 Å². The van der Waals surface area contributed by atoms with E-state index in [-0.39, 0.29) is 12.3 Å². The lowest BCUT2D eigenvalue weighted by Gasteiger charge is -2.17. The summed E-state index contributed by atoms with van der Waals surface area (Å²) in [5, 5.41) is 2.86. The van der Waals surface area contributed by atoms with Crippen molar-refractivity contribution in [3.8, 4) is 28.0 Å². The van der Waals surface area contributed by atoms with E-state index in [1.54, 1.807) is 13.3 Å². The molecule has 0 saturated carbocycles. The number of fused-ring (bicyclic) bond motifs is 3. The molecule has 1 aliphatic rings. The smallest absolute Gasteiger partial charge is 0.411 e. The highest BCUT2D eigenvalue weighted by Crippen LogP contribution is 2.46. The number of hydrogen-bond acceptors (Lipinski definition) is 6. The number of benzene rings is 3. The van der Waals surface area contributed by atoms with Gasteiger partial charge in [-0.2, -0.15) is 0 Å². The average molecular weight is 524 g/mol. The zero-order valence-electron chi connectivity index (χ0n) is 21.8. The van der Waals surface area contributed by atoms with Crippen molar-refractivity contribution in [1.82, 2.24) is 4.98 Å². The first-order chi connectivity index (χ1) is 19.0. The SMILES string of the molecule is COCCOc1ccc2c(c1)Cc1c(C(N)=O)ncc(-c3cccc(NC(=O)OCc4ccccc4)c3C)c1-2. The average Bonchev–Trinajstić information content (AvgIpc) is 3.32. The minimum absolute atomic E-state index is 0.172. The molecule has 5 rings (SSSR count). The zero-order valence-corrected chi connectivity index (χ0v) is 21.8. The first-order valence-electron chi connectivity index (χ1n) is 12.6. The van der Waals surface area contributed by atoms with Gasteiger partial charge in [-0.3, -0.25) is 15.1 Å². The molecule has 0 bridgehead atoms. The van der Waals surface area contributed by atoms with Gasteiger partial charge in [-0.05, 0) is 64.1 Å². The van der Waals surface area contributed by atoms with Crippen molar-refractivity contribution in [3.05, 3.63) is 101 Å². The quantitative estimate of drug-likeness (QED) is 0.247. The monoisotopic (exact) mass is 523 g/mol. The zero-order chi connectivity index (χ0) is 27.4. The lowest BCUT2D eigenvalue weighted by Crippen LogP contribution is -2.16. The van der Waals surface area contributed by atoms with Gasteiger partial charge in [0.25, 0.3) is 5.91 Å². The van der Waals surface area contributed by atoms with Gasteiger partial charge in [0.15, 0.2) is 0 Å². The molecule has 39 heavy (non-hydrogen) atoms. The molecule has 1 aliphatic carbocycles. The standard InChI is InChI=1S/C31H29N3O5/c1-19-23(9-6-10-27(19)34-31(36)39-18-20-7-4-3-5-8-20)26-17-33-29(30(32)35)25-16-21-15-22(38-14-13-37-2)11-12-24(21)28(25)26/h3-12,15,17H,13-14,16,18H2,1-2H3,(H2,32,35)(H,34,36). The first kappa shape index (κ1) is 25.9. The number of ether oxygens (including phenoxy) is 3. The fourth-order valence-corrected chi connectivity index (χ4v) is 4.86. The number of carbonyl (C=O) groups is 2. The van der Waals surface area contributed by atoms with Crippen molar-refractivity contribution in [3.63, 3.8) is 0 Å². The number of aromatic nitrogens is 1. The van der Waals surface area contributed by atoms with Crippen LogP contribution in [0.3, 0.4) is 0 Å². The van der Waals surface area contributed by atoms with Crippen LogP contribution in [-0.4, -0.2) is 37.3 Å². The molecule has 0 aliphatic heterocycles. The molecule has 0 unspecified atom stereocenters. The van der Waals surface area contributed by atoms with E-state index in [0.717, 1.165) is 50.3 Å². The molecule has 198 valence electrons. The third-order valence-electron chi connectivity index (χ3n) is 6.76. The van der Waals surface area contributed by atoms with Gasteiger partial charge >= 0.3 is 6.09 Å². The normalized spacial score (nSPS) is 11.4. The molecular weight excluding hydrogens is 494 g/mol. The van der Waals surface area contributed by atoms with E-state index in [0.29, 0.717) is 25.3 Å². The van der Waals surface area contributed by atoms with Crippen molar-refractivity contribution in [2.24, 2.45) is 5.73 Å². The van der Waals surface area contributed by atoms with E-state index in [1.165, 1.54) is 0 Å². The van der Waals surface area contributed by atoms with Crippen LogP contribution in [0, 0.1) is 6.92 Å². The summed E-state index contributed by atoms with van der Waals surface area (Å²) < 4.78 is 16.3. The van der Waals surface area contributed by atoms with Gasteiger partial charge in [-0.15, -0.1) is 0 Å². The number of primary amides is 1. The highest BCUT2D eigenvalue weighted by Gasteiger charge is 2.28. The number of carbonyl (C=O) groups excluding carboxylic acids is 2. The third kappa shape index (κ3) is 5.46. The second-order valence-corrected chi connectivity index (χ2v) is 9.24. The second kappa shape index (κ2) is 11.4. The van der Waals surface area contributed by atoms with Gasteiger partial charge in [0.1, 0.15) is 24.7 Å². The summed E-state index contributed by atoms with van der Waals surface area (Å²) in [6.45, 7) is 3.03. The molecule has 3 N–H and O–H groups in total. The summed E-state index contributed by atoms with van der Waals surface area (Å²) in [5.41, 5.74) is 13.7. The van der Waals surface area contributed by atoms with Crippen molar-refractivity contribution >= 4 is 17.7 Å². The van der Waals surface area contributed by atoms with Crippen LogP contribution in [-0.2, 0) is 22.5 Å². The Labute approximate surface area is 226 Å². The van der Waals surface area contributed by atoms with E-state index in [9.17, 15) is 9.59 Å². The topological polar surface area (TPSA) is 113 Å². The van der Waals surface area contributed by atoms with Gasteiger partial charge in [-0.25, -0.2) is 4.79 Å². The van der Waals surface area contributed by atoms with Crippen LogP contribution in [0.2, 0.25) is 0 Å². The summed E-state index contributed by atoms with van der Waals surface area (Å²) in [6, 6.07) is 21.0. The fourth-order valence-electron chi connectivity index (χ4n) is 4.86. The molecule has 0 radical (unpaired) electrons. The number of pyridine rings is 1. The van der Waals surface area contributed by atoms with E-state index in [4.69, 9.17) is 19.9 Å². The molecule has 1 aromatic heterocycles. The maximum Gasteiger partial charge on any atom is 0.411 e. The molecule has 1 heterocycles. The maximum atomic E-state index is 12.6. The molecule has 0 fully saturated rings. The predicted molar refractivity (Wildman–Crippen MR) is 149 cm³/mol. The summed E-state index contributed by atoms with van der Waals surface area (Å²) in [4.78, 5) is 29.3. The molecule has 8 nitrogen and oxygen atoms in total. The van der Waals surface area contributed by atoms with Crippen LogP contribution in [0.4, 0.5) is 10.5 Å². The number of methoxy groups -OCH3 is 1. The van der Waals surface area contributed by atoms with Crippen LogP contribution >= 0.6 is 0 Å². The molecule has 2 amide bonds. The van der Waals surface area contributed by atoms with Crippen LogP contribution in [0.1, 0.15) is 32.7 Å². The molecular formula is C31H29N3O5. The van der Waals surface area contributed by atoms with E-state index in [1.807, 2.05) is 73.7 Å². The molecule has 8 heteroatoms. The van der Waals surface area contributed by atoms with E-state index >= 15 is 0 Å². The van der Waals surface area contributed by atoms with Crippen LogP contribution in [0.5, 0.6) is 5.75 Å². The Morgan fingerprint density at radius 3 is 2.56 bits per heavy atom. The number of nitrogens with zero attached hydrogens (tertiary/aromatic N) is 1. The molecule has 0 spiro atoms. The predicted octanol–water partition coefficient (Wildman–Crippen LogP) is 5.50. The second-order valence-electron chi connectivity index (χ2n) is 9.24. The Morgan fingerprint density at radius 1 is 0.974 bits per heavy atom. The Morgan fingerprint density at radius 2 is 1.79 bits per heavy atom. The van der Waals surface area contributed by atoms with Crippen molar-refractivity contribution in [2.75, 3.05) is 25.6 Å². The number of nitrogens with one attached hydrogen (secondary N) is 1. The molecule has 0 saturated heterocycles. The minimum atomic E-state index is -0.574. The Kier molecular flexibility index (Phi) is 7.56. The number of hydrogen-bond donors (Lipinski definition) is 2. The van der Waals surface area contributed by atoms with Gasteiger partial charge in [-0.1, -0.05) is 48.5 Å². The Hall–Kier alpha value is -4.69. The minimum Gasteiger partial charge on any atom is -0.491 e. The van der Waals surface area contributed by atoms with Crippen LogP contribution < -0.4 is 15.8 Å². The van der Waals surface area contributed by atoms with E-state index < -0.39 is 12.0 Å². The Balaban J connectivity index is 1.47. The van der Waals surface area contributed by atoms with Crippen LogP contribution in [0.25, 0.3) is 22.3 Å². The maximum absolute atomic E-state index is 12.6. The van der Waals surface area contributed by atoms with Crippen LogP contribution in [0.15, 0.2) is 72.9 Å². The number of rotatable bonds is 9. The third-order valence-corrected chi connectivity index (χ3v) is 6.76. The summed E-state index contributed by atoms with van der Waals surface area (Å²) in [7, 11) is 1.63. The number of anilines is 1. The highest BCUT2D eigenvalue weighted by molar-refractivity contribution is 6.00. The van der Waals surface area contributed by atoms with Gasteiger partial charge in [0, 0.05) is 31.0 Å². The fraction of sp³-hybridized carbons (Fsp3) is 0.194. The molecule has 0 atom stereocenters. The van der Waals surface area contributed by atoms with Crippen molar-refractivity contribution < 1.29 is 23.8 Å². The van der Waals surface area contributed by atoms with Gasteiger partial charge in [0.05, 0.1) is 6.61 Å². The molecule has 4 aromatic rings. The largest absolute Gasteiger partial charge is 0.491 e. The van der Waals surface area contributed by atoms with Crippen molar-refractivity contribution in [1.29, 1.82) is 0 Å². The van der Waals surface area contributed by atoms with Crippen molar-refractivity contribution in [2.45, 2.75) is 20.0 Å². The summed E-state index contributed by atoms with van der Waals surface area (Å²) in [5.74, 6) is 0.153. The lowest BCUT2D eigenvalue weighted by molar-refractivity contribution is 0.0994. The van der Waals surface area contributed by atoms with Gasteiger partial charge < -0.3 is 19.9 Å². The molecule has 3 aromatic carbocycles. The summed E-state index contributed by atoms with van der Waals surface area (Å²) in [6.07, 6.45) is 1.64. The summed E-state index contributed by atoms with van der Waals surface area (Å²) >= 11 is 0. The number of nitrogens with two attached hydrogens (primary N) is 1. The Bertz CT molecular complexity index is 1540. The lowest BCUT2D eigenvalue weighted by atomic mass is 9.92.